The van der Waals surface area contributed by atoms with Crippen LogP contribution in [-0.4, -0.2) is 5.78 Å². The molecule has 1 nitrogen and oxygen atoms in total. The fraction of sp³-hybridized carbons (Fsp3) is 0.769. The second-order valence-corrected chi connectivity index (χ2v) is 3.89. The average Bonchev–Trinajstić information content (AvgIpc) is 2.20. The van der Waals surface area contributed by atoms with Crippen LogP contribution in [0.2, 0.25) is 0 Å². The second kappa shape index (κ2) is 8.98. The topological polar surface area (TPSA) is 17.1 Å². The Morgan fingerprint density at radius 2 is 2.07 bits per heavy atom. The van der Waals surface area contributed by atoms with Crippen molar-refractivity contribution in [2.75, 3.05) is 0 Å². The molecule has 0 saturated carbocycles. The lowest BCUT2D eigenvalue weighted by Crippen LogP contribution is -2.13. The van der Waals surface area contributed by atoms with E-state index in [0.717, 1.165) is 44.9 Å². The Labute approximate surface area is 88.6 Å². The molecule has 0 rings (SSSR count). The van der Waals surface area contributed by atoms with Crippen LogP contribution in [-0.2, 0) is 4.79 Å². The third kappa shape index (κ3) is 5.95. The maximum atomic E-state index is 11.7. The monoisotopic (exact) mass is 196 g/mol. The largest absolute Gasteiger partial charge is 0.299 e. The van der Waals surface area contributed by atoms with E-state index in [1.165, 1.54) is 0 Å². The van der Waals surface area contributed by atoms with Crippen molar-refractivity contribution in [3.8, 4) is 0 Å². The predicted octanol–water partition coefficient (Wildman–Crippen LogP) is 4.13. The molecule has 0 aromatic heterocycles. The number of hydrogen-bond donors (Lipinski definition) is 0. The van der Waals surface area contributed by atoms with E-state index >= 15 is 0 Å². The van der Waals surface area contributed by atoms with Gasteiger partial charge >= 0.3 is 0 Å². The van der Waals surface area contributed by atoms with Crippen molar-refractivity contribution in [1.29, 1.82) is 0 Å². The van der Waals surface area contributed by atoms with Crippen LogP contribution >= 0.6 is 0 Å². The first kappa shape index (κ1) is 13.4. The molecule has 0 fully saturated rings. The maximum absolute atomic E-state index is 11.7. The van der Waals surface area contributed by atoms with Crippen molar-refractivity contribution in [2.24, 2.45) is 5.92 Å². The lowest BCUT2D eigenvalue weighted by Gasteiger charge is -2.11. The third-order valence-corrected chi connectivity index (χ3v) is 2.67. The zero-order chi connectivity index (χ0) is 10.8. The standard InChI is InChI=1S/C13H24O/c1-4-7-8-9-11-13(14)12(6-3)10-5-2/h4,12H,1,5-11H2,2-3H3. The van der Waals surface area contributed by atoms with Crippen LogP contribution in [0.3, 0.4) is 0 Å². The van der Waals surface area contributed by atoms with Gasteiger partial charge in [-0.3, -0.25) is 4.79 Å². The molecular formula is C13H24O. The van der Waals surface area contributed by atoms with Gasteiger partial charge in [-0.25, -0.2) is 0 Å². The summed E-state index contributed by atoms with van der Waals surface area (Å²) in [4.78, 5) is 11.7. The molecular weight excluding hydrogens is 172 g/mol. The number of rotatable bonds is 9. The molecule has 82 valence electrons. The van der Waals surface area contributed by atoms with Gasteiger partial charge in [-0.05, 0) is 32.1 Å². The number of ketones is 1. The minimum Gasteiger partial charge on any atom is -0.299 e. The molecule has 1 atom stereocenters. The molecule has 0 radical (unpaired) electrons. The number of unbranched alkanes of at least 4 members (excludes halogenated alkanes) is 2. The first-order chi connectivity index (χ1) is 6.76. The summed E-state index contributed by atoms with van der Waals surface area (Å²) in [7, 11) is 0. The molecule has 0 saturated heterocycles. The summed E-state index contributed by atoms with van der Waals surface area (Å²) in [5, 5.41) is 0. The van der Waals surface area contributed by atoms with Crippen LogP contribution in [0, 0.1) is 5.92 Å². The molecule has 14 heavy (non-hydrogen) atoms. The van der Waals surface area contributed by atoms with Crippen molar-refractivity contribution in [1.82, 2.24) is 0 Å². The van der Waals surface area contributed by atoms with Crippen molar-refractivity contribution in [2.45, 2.75) is 58.8 Å². The predicted molar refractivity (Wildman–Crippen MR) is 62.4 cm³/mol. The normalized spacial score (nSPS) is 12.4. The Kier molecular flexibility index (Phi) is 8.61. The lowest BCUT2D eigenvalue weighted by molar-refractivity contribution is -0.123. The summed E-state index contributed by atoms with van der Waals surface area (Å²) in [5.74, 6) is 0.794. The number of carbonyl (C=O) groups is 1. The number of Topliss-reactive ketones (excluding diaryl/α,β-unsaturated/α-hetero) is 1. The van der Waals surface area contributed by atoms with Gasteiger partial charge < -0.3 is 0 Å². The van der Waals surface area contributed by atoms with E-state index in [9.17, 15) is 4.79 Å². The van der Waals surface area contributed by atoms with Crippen LogP contribution in [0.5, 0.6) is 0 Å². The van der Waals surface area contributed by atoms with Gasteiger partial charge in [0.25, 0.3) is 0 Å². The number of carbonyl (C=O) groups excluding carboxylic acids is 1. The summed E-state index contributed by atoms with van der Waals surface area (Å²) in [6.45, 7) is 7.93. The first-order valence-electron chi connectivity index (χ1n) is 5.89. The molecule has 1 unspecified atom stereocenters. The molecule has 0 aliphatic carbocycles. The van der Waals surface area contributed by atoms with E-state index < -0.39 is 0 Å². The molecule has 0 spiro atoms. The fourth-order valence-electron chi connectivity index (χ4n) is 1.73. The highest BCUT2D eigenvalue weighted by Gasteiger charge is 2.13. The summed E-state index contributed by atoms with van der Waals surface area (Å²) in [6, 6.07) is 0. The summed E-state index contributed by atoms with van der Waals surface area (Å²) in [5.41, 5.74) is 0. The molecule has 0 amide bonds. The molecule has 0 heterocycles. The second-order valence-electron chi connectivity index (χ2n) is 3.89. The van der Waals surface area contributed by atoms with E-state index in [1.54, 1.807) is 0 Å². The molecule has 1 heteroatoms. The Morgan fingerprint density at radius 3 is 2.57 bits per heavy atom. The Bertz CT molecular complexity index is 161. The zero-order valence-electron chi connectivity index (χ0n) is 9.72. The van der Waals surface area contributed by atoms with Crippen molar-refractivity contribution >= 4 is 5.78 Å². The SMILES string of the molecule is C=CCCCCC(=O)C(CC)CCC. The van der Waals surface area contributed by atoms with Gasteiger partial charge in [-0.2, -0.15) is 0 Å². The maximum Gasteiger partial charge on any atom is 0.135 e. The minimum atomic E-state index is 0.323. The van der Waals surface area contributed by atoms with E-state index in [1.807, 2.05) is 6.08 Å². The van der Waals surface area contributed by atoms with Crippen LogP contribution in [0.4, 0.5) is 0 Å². The summed E-state index contributed by atoms with van der Waals surface area (Å²) < 4.78 is 0. The first-order valence-corrected chi connectivity index (χ1v) is 5.89. The van der Waals surface area contributed by atoms with Crippen LogP contribution in [0.15, 0.2) is 12.7 Å². The molecule has 0 aromatic carbocycles. The van der Waals surface area contributed by atoms with E-state index in [2.05, 4.69) is 20.4 Å². The van der Waals surface area contributed by atoms with Crippen molar-refractivity contribution in [3.05, 3.63) is 12.7 Å². The molecule has 0 aliphatic heterocycles. The van der Waals surface area contributed by atoms with Gasteiger partial charge in [0.05, 0.1) is 0 Å². The highest BCUT2D eigenvalue weighted by Crippen LogP contribution is 2.15. The molecule has 0 N–H and O–H groups in total. The van der Waals surface area contributed by atoms with Gasteiger partial charge in [0.1, 0.15) is 5.78 Å². The number of hydrogen-bond acceptors (Lipinski definition) is 1. The summed E-state index contributed by atoms with van der Waals surface area (Å²) in [6.07, 6.45) is 9.07. The molecule has 0 aliphatic rings. The summed E-state index contributed by atoms with van der Waals surface area (Å²) >= 11 is 0. The van der Waals surface area contributed by atoms with E-state index in [-0.39, 0.29) is 0 Å². The molecule has 0 bridgehead atoms. The Morgan fingerprint density at radius 1 is 1.36 bits per heavy atom. The van der Waals surface area contributed by atoms with Gasteiger partial charge in [-0.15, -0.1) is 6.58 Å². The zero-order valence-corrected chi connectivity index (χ0v) is 9.72. The quantitative estimate of drug-likeness (QED) is 0.400. The Balaban J connectivity index is 3.63. The highest BCUT2D eigenvalue weighted by molar-refractivity contribution is 5.80. The third-order valence-electron chi connectivity index (χ3n) is 2.67. The van der Waals surface area contributed by atoms with E-state index in [4.69, 9.17) is 0 Å². The average molecular weight is 196 g/mol. The van der Waals surface area contributed by atoms with Gasteiger partial charge in [-0.1, -0.05) is 26.3 Å². The van der Waals surface area contributed by atoms with Crippen molar-refractivity contribution in [3.63, 3.8) is 0 Å². The number of allylic oxidation sites excluding steroid dienone is 1. The van der Waals surface area contributed by atoms with Crippen LogP contribution in [0.25, 0.3) is 0 Å². The van der Waals surface area contributed by atoms with E-state index in [0.29, 0.717) is 11.7 Å². The fourth-order valence-corrected chi connectivity index (χ4v) is 1.73. The van der Waals surface area contributed by atoms with Crippen molar-refractivity contribution < 1.29 is 4.79 Å². The smallest absolute Gasteiger partial charge is 0.135 e. The van der Waals surface area contributed by atoms with Crippen LogP contribution in [0.1, 0.15) is 58.8 Å². The lowest BCUT2D eigenvalue weighted by atomic mass is 9.92. The Hall–Kier alpha value is -0.590. The van der Waals surface area contributed by atoms with Crippen LogP contribution < -0.4 is 0 Å². The van der Waals surface area contributed by atoms with Gasteiger partial charge in [0, 0.05) is 12.3 Å². The van der Waals surface area contributed by atoms with Gasteiger partial charge in [0.15, 0.2) is 0 Å². The molecule has 0 aromatic rings. The van der Waals surface area contributed by atoms with Gasteiger partial charge in [0.2, 0.25) is 0 Å². The minimum absolute atomic E-state index is 0.323. The highest BCUT2D eigenvalue weighted by atomic mass is 16.1.